The first-order chi connectivity index (χ1) is 6.43. The highest BCUT2D eigenvalue weighted by molar-refractivity contribution is 5.77. The molecule has 0 bridgehead atoms. The van der Waals surface area contributed by atoms with Crippen molar-refractivity contribution in [3.05, 3.63) is 0 Å². The highest BCUT2D eigenvalue weighted by Crippen LogP contribution is 1.89. The molecular formula is C9H18N2O3. The van der Waals surface area contributed by atoms with Crippen molar-refractivity contribution in [2.75, 3.05) is 26.7 Å². The summed E-state index contributed by atoms with van der Waals surface area (Å²) < 4.78 is 0. The van der Waals surface area contributed by atoms with Crippen molar-refractivity contribution >= 4 is 11.9 Å². The van der Waals surface area contributed by atoms with Gasteiger partial charge in [-0.15, -0.1) is 0 Å². The summed E-state index contributed by atoms with van der Waals surface area (Å²) in [6, 6.07) is 0. The molecule has 0 unspecified atom stereocenters. The van der Waals surface area contributed by atoms with E-state index in [4.69, 9.17) is 5.11 Å². The molecule has 0 saturated carbocycles. The van der Waals surface area contributed by atoms with Gasteiger partial charge in [0, 0.05) is 19.0 Å². The largest absolute Gasteiger partial charge is 0.480 e. The first-order valence-electron chi connectivity index (χ1n) is 4.61. The zero-order chi connectivity index (χ0) is 11.1. The normalized spacial score (nSPS) is 10.6. The summed E-state index contributed by atoms with van der Waals surface area (Å²) >= 11 is 0. The van der Waals surface area contributed by atoms with Crippen LogP contribution in [0, 0.1) is 5.92 Å². The maximum atomic E-state index is 11.1. The minimum atomic E-state index is -0.859. The van der Waals surface area contributed by atoms with Gasteiger partial charge in [-0.25, -0.2) is 0 Å². The van der Waals surface area contributed by atoms with Gasteiger partial charge < -0.3 is 10.4 Å². The molecule has 0 rings (SSSR count). The molecule has 0 aromatic heterocycles. The number of carbonyl (C=O) groups excluding carboxylic acids is 1. The molecule has 0 aromatic rings. The van der Waals surface area contributed by atoms with Crippen molar-refractivity contribution in [2.24, 2.45) is 5.92 Å². The predicted molar refractivity (Wildman–Crippen MR) is 53.0 cm³/mol. The van der Waals surface area contributed by atoms with E-state index in [1.54, 1.807) is 11.9 Å². The van der Waals surface area contributed by atoms with E-state index in [1.165, 1.54) is 0 Å². The van der Waals surface area contributed by atoms with Crippen LogP contribution in [0.25, 0.3) is 0 Å². The molecule has 5 heteroatoms. The summed E-state index contributed by atoms with van der Waals surface area (Å²) in [7, 11) is 1.70. The van der Waals surface area contributed by atoms with Crippen molar-refractivity contribution in [3.63, 3.8) is 0 Å². The monoisotopic (exact) mass is 202 g/mol. The highest BCUT2D eigenvalue weighted by atomic mass is 16.4. The van der Waals surface area contributed by atoms with Crippen LogP contribution < -0.4 is 5.32 Å². The van der Waals surface area contributed by atoms with Gasteiger partial charge in [0.2, 0.25) is 5.91 Å². The standard InChI is InChI=1S/C9H18N2O3/c1-7(2)9(14)10-4-5-11(3)6-8(12)13/h7H,4-6H2,1-3H3,(H,10,14)(H,12,13). The van der Waals surface area contributed by atoms with Gasteiger partial charge >= 0.3 is 5.97 Å². The van der Waals surface area contributed by atoms with Gasteiger partial charge in [0.1, 0.15) is 0 Å². The topological polar surface area (TPSA) is 69.6 Å². The predicted octanol–water partition coefficient (Wildman–Crippen LogP) is -0.225. The van der Waals surface area contributed by atoms with E-state index in [0.717, 1.165) is 0 Å². The Balaban J connectivity index is 3.54. The summed E-state index contributed by atoms with van der Waals surface area (Å²) in [4.78, 5) is 23.0. The molecular weight excluding hydrogens is 184 g/mol. The molecule has 5 nitrogen and oxygen atoms in total. The number of nitrogens with zero attached hydrogens (tertiary/aromatic N) is 1. The lowest BCUT2D eigenvalue weighted by Gasteiger charge is -2.14. The third kappa shape index (κ3) is 6.42. The molecule has 0 radical (unpaired) electrons. The second-order valence-corrected chi connectivity index (χ2v) is 3.58. The van der Waals surface area contributed by atoms with Crippen molar-refractivity contribution in [1.29, 1.82) is 0 Å². The van der Waals surface area contributed by atoms with Crippen molar-refractivity contribution in [3.8, 4) is 0 Å². The molecule has 0 fully saturated rings. The molecule has 0 spiro atoms. The minimum absolute atomic E-state index is 0.00243. The Labute approximate surface area is 84.1 Å². The Bertz CT molecular complexity index is 204. The number of carboxylic acids is 1. The van der Waals surface area contributed by atoms with Gasteiger partial charge in [0.25, 0.3) is 0 Å². The van der Waals surface area contributed by atoms with Crippen LogP contribution in [0.2, 0.25) is 0 Å². The molecule has 0 aliphatic heterocycles. The summed E-state index contributed by atoms with van der Waals surface area (Å²) in [6.07, 6.45) is 0. The molecule has 0 heterocycles. The van der Waals surface area contributed by atoms with Crippen LogP contribution >= 0.6 is 0 Å². The van der Waals surface area contributed by atoms with Crippen LogP contribution in [0.5, 0.6) is 0 Å². The number of likely N-dealkylation sites (N-methyl/N-ethyl adjacent to an activating group) is 1. The molecule has 2 N–H and O–H groups in total. The van der Waals surface area contributed by atoms with E-state index in [9.17, 15) is 9.59 Å². The van der Waals surface area contributed by atoms with Gasteiger partial charge in [-0.2, -0.15) is 0 Å². The van der Waals surface area contributed by atoms with Crippen LogP contribution in [0.15, 0.2) is 0 Å². The van der Waals surface area contributed by atoms with Crippen molar-refractivity contribution in [2.45, 2.75) is 13.8 Å². The fourth-order valence-electron chi connectivity index (χ4n) is 0.884. The number of aliphatic carboxylic acids is 1. The van der Waals surface area contributed by atoms with E-state index in [-0.39, 0.29) is 18.4 Å². The van der Waals surface area contributed by atoms with Gasteiger partial charge in [0.15, 0.2) is 0 Å². The van der Waals surface area contributed by atoms with Gasteiger partial charge in [-0.1, -0.05) is 13.8 Å². The molecule has 0 aliphatic rings. The third-order valence-corrected chi connectivity index (χ3v) is 1.72. The Hall–Kier alpha value is -1.10. The van der Waals surface area contributed by atoms with Crippen molar-refractivity contribution < 1.29 is 14.7 Å². The zero-order valence-electron chi connectivity index (χ0n) is 8.91. The number of hydrogen-bond acceptors (Lipinski definition) is 3. The van der Waals surface area contributed by atoms with E-state index in [1.807, 2.05) is 13.8 Å². The summed E-state index contributed by atoms with van der Waals surface area (Å²) in [6.45, 7) is 4.66. The summed E-state index contributed by atoms with van der Waals surface area (Å²) in [5.74, 6) is -0.892. The molecule has 0 aliphatic carbocycles. The number of hydrogen-bond donors (Lipinski definition) is 2. The lowest BCUT2D eigenvalue weighted by atomic mass is 10.2. The first kappa shape index (κ1) is 12.9. The second-order valence-electron chi connectivity index (χ2n) is 3.58. The van der Waals surface area contributed by atoms with Crippen LogP contribution in [0.4, 0.5) is 0 Å². The molecule has 0 aromatic carbocycles. The number of rotatable bonds is 6. The maximum absolute atomic E-state index is 11.1. The highest BCUT2D eigenvalue weighted by Gasteiger charge is 2.07. The SMILES string of the molecule is CC(C)C(=O)NCCN(C)CC(=O)O. The number of carboxylic acid groups (broad SMARTS) is 1. The second kappa shape index (κ2) is 6.37. The lowest BCUT2D eigenvalue weighted by molar-refractivity contribution is -0.137. The van der Waals surface area contributed by atoms with Gasteiger partial charge in [-0.3, -0.25) is 14.5 Å². The van der Waals surface area contributed by atoms with Crippen LogP contribution in [0.1, 0.15) is 13.8 Å². The Morgan fingerprint density at radius 2 is 2.00 bits per heavy atom. The van der Waals surface area contributed by atoms with E-state index in [2.05, 4.69) is 5.32 Å². The Morgan fingerprint density at radius 3 is 2.43 bits per heavy atom. The van der Waals surface area contributed by atoms with E-state index >= 15 is 0 Å². The average Bonchev–Trinajstić information content (AvgIpc) is 2.02. The fourth-order valence-corrected chi connectivity index (χ4v) is 0.884. The molecule has 0 saturated heterocycles. The molecule has 14 heavy (non-hydrogen) atoms. The van der Waals surface area contributed by atoms with Crippen LogP contribution in [0.3, 0.4) is 0 Å². The molecule has 1 amide bonds. The molecule has 0 atom stereocenters. The molecule has 82 valence electrons. The van der Waals surface area contributed by atoms with E-state index < -0.39 is 5.97 Å². The maximum Gasteiger partial charge on any atom is 0.317 e. The first-order valence-corrected chi connectivity index (χ1v) is 4.61. The smallest absolute Gasteiger partial charge is 0.317 e. The zero-order valence-corrected chi connectivity index (χ0v) is 8.91. The summed E-state index contributed by atoms with van der Waals surface area (Å²) in [5.41, 5.74) is 0. The number of carbonyl (C=O) groups is 2. The van der Waals surface area contributed by atoms with Crippen molar-refractivity contribution in [1.82, 2.24) is 10.2 Å². The number of nitrogens with one attached hydrogen (secondary N) is 1. The van der Waals surface area contributed by atoms with E-state index in [0.29, 0.717) is 13.1 Å². The quantitative estimate of drug-likeness (QED) is 0.624. The fraction of sp³-hybridized carbons (Fsp3) is 0.778. The average molecular weight is 202 g/mol. The van der Waals surface area contributed by atoms with Crippen LogP contribution in [-0.2, 0) is 9.59 Å². The minimum Gasteiger partial charge on any atom is -0.480 e. The van der Waals surface area contributed by atoms with Gasteiger partial charge in [-0.05, 0) is 7.05 Å². The third-order valence-electron chi connectivity index (χ3n) is 1.72. The Kier molecular flexibility index (Phi) is 5.87. The number of amides is 1. The summed E-state index contributed by atoms with van der Waals surface area (Å²) in [5, 5.41) is 11.2. The van der Waals surface area contributed by atoms with Gasteiger partial charge in [0.05, 0.1) is 6.54 Å². The Morgan fingerprint density at radius 1 is 1.43 bits per heavy atom. The lowest BCUT2D eigenvalue weighted by Crippen LogP contribution is -2.36. The van der Waals surface area contributed by atoms with Crippen LogP contribution in [-0.4, -0.2) is 48.6 Å².